The zero-order valence-corrected chi connectivity index (χ0v) is 11.4. The van der Waals surface area contributed by atoms with Gasteiger partial charge in [0, 0.05) is 18.3 Å². The van der Waals surface area contributed by atoms with Crippen LogP contribution in [-0.4, -0.2) is 15.4 Å². The Labute approximate surface area is 122 Å². The van der Waals surface area contributed by atoms with Gasteiger partial charge in [0.25, 0.3) is 0 Å². The van der Waals surface area contributed by atoms with Crippen LogP contribution < -0.4 is 5.73 Å². The number of benzene rings is 1. The largest absolute Gasteiger partial charge is 0.398 e. The van der Waals surface area contributed by atoms with Crippen molar-refractivity contribution in [3.63, 3.8) is 0 Å². The number of nitrogens with zero attached hydrogens (tertiary/aromatic N) is 2. The van der Waals surface area contributed by atoms with E-state index in [9.17, 15) is 4.79 Å². The normalized spacial score (nSPS) is 11.2. The van der Waals surface area contributed by atoms with E-state index in [0.29, 0.717) is 12.1 Å². The summed E-state index contributed by atoms with van der Waals surface area (Å²) in [5, 5.41) is 4.36. The first kappa shape index (κ1) is 13.1. The highest BCUT2D eigenvalue weighted by Gasteiger charge is 2.03. The number of hydrogen-bond acceptors (Lipinski definition) is 3. The fraction of sp³-hybridized carbons (Fsp3) is 0.0588. The van der Waals surface area contributed by atoms with Gasteiger partial charge in [0.2, 0.25) is 0 Å². The summed E-state index contributed by atoms with van der Waals surface area (Å²) in [7, 11) is 0. The van der Waals surface area contributed by atoms with Crippen molar-refractivity contribution in [2.24, 2.45) is 0 Å². The Hall–Kier alpha value is -2.88. The zero-order valence-electron chi connectivity index (χ0n) is 11.4. The van der Waals surface area contributed by atoms with Crippen LogP contribution in [0.15, 0.2) is 60.8 Å². The van der Waals surface area contributed by atoms with Gasteiger partial charge in [0.05, 0.1) is 11.2 Å². The van der Waals surface area contributed by atoms with Crippen molar-refractivity contribution in [3.8, 4) is 0 Å². The van der Waals surface area contributed by atoms with Crippen molar-refractivity contribution < 1.29 is 4.79 Å². The van der Waals surface area contributed by atoms with Crippen molar-refractivity contribution >= 4 is 23.1 Å². The number of aromatic nitrogens is 2. The number of carbonyl (C=O) groups excluding carboxylic acids is 1. The van der Waals surface area contributed by atoms with Crippen LogP contribution in [-0.2, 0) is 11.2 Å². The molecule has 0 atom stereocenters. The summed E-state index contributed by atoms with van der Waals surface area (Å²) in [6, 6.07) is 15.2. The van der Waals surface area contributed by atoms with Crippen LogP contribution in [0.4, 0.5) is 5.69 Å². The maximum absolute atomic E-state index is 12.0. The number of carbonyl (C=O) groups is 1. The maximum atomic E-state index is 12.0. The van der Waals surface area contributed by atoms with E-state index in [1.54, 1.807) is 22.7 Å². The minimum absolute atomic E-state index is 0.00459. The molecule has 0 saturated heterocycles. The Bertz CT molecular complexity index is 785. The number of pyridine rings is 1. The molecule has 4 nitrogen and oxygen atoms in total. The van der Waals surface area contributed by atoms with Crippen LogP contribution in [0.5, 0.6) is 0 Å². The van der Waals surface area contributed by atoms with Crippen molar-refractivity contribution in [2.45, 2.75) is 6.42 Å². The van der Waals surface area contributed by atoms with Gasteiger partial charge in [0.1, 0.15) is 0 Å². The molecule has 0 aliphatic rings. The quantitative estimate of drug-likeness (QED) is 0.589. The molecular formula is C17H15N3O. The summed E-state index contributed by atoms with van der Waals surface area (Å²) in [4.78, 5) is 12.0. The first-order valence-electron chi connectivity index (χ1n) is 6.71. The Morgan fingerprint density at radius 2 is 2.00 bits per heavy atom. The number of anilines is 1. The Morgan fingerprint density at radius 3 is 2.81 bits per heavy atom. The molecule has 3 rings (SSSR count). The van der Waals surface area contributed by atoms with Gasteiger partial charge >= 0.3 is 0 Å². The second-order valence-corrected chi connectivity index (χ2v) is 4.81. The van der Waals surface area contributed by atoms with E-state index >= 15 is 0 Å². The molecule has 2 N–H and O–H groups in total. The van der Waals surface area contributed by atoms with E-state index in [-0.39, 0.29) is 5.78 Å². The van der Waals surface area contributed by atoms with Gasteiger partial charge in [-0.3, -0.25) is 4.79 Å². The molecule has 0 aliphatic carbocycles. The van der Waals surface area contributed by atoms with Crippen LogP contribution in [0.25, 0.3) is 11.6 Å². The molecular weight excluding hydrogens is 262 g/mol. The Balaban J connectivity index is 1.73. The van der Waals surface area contributed by atoms with E-state index in [1.165, 1.54) is 0 Å². The monoisotopic (exact) mass is 277 g/mol. The van der Waals surface area contributed by atoms with Crippen LogP contribution in [0, 0.1) is 0 Å². The molecule has 21 heavy (non-hydrogen) atoms. The fourth-order valence-corrected chi connectivity index (χ4v) is 2.16. The highest BCUT2D eigenvalue weighted by atomic mass is 16.1. The molecule has 2 aromatic heterocycles. The van der Waals surface area contributed by atoms with Crippen LogP contribution in [0.3, 0.4) is 0 Å². The Morgan fingerprint density at radius 1 is 1.19 bits per heavy atom. The van der Waals surface area contributed by atoms with E-state index in [0.717, 1.165) is 16.8 Å². The number of fused-ring (bicyclic) bond motifs is 1. The summed E-state index contributed by atoms with van der Waals surface area (Å²) in [6.07, 6.45) is 5.46. The summed E-state index contributed by atoms with van der Waals surface area (Å²) in [5.74, 6) is 0.00459. The highest BCUT2D eigenvalue weighted by Crippen LogP contribution is 2.12. The predicted molar refractivity (Wildman–Crippen MR) is 83.8 cm³/mol. The van der Waals surface area contributed by atoms with Crippen LogP contribution >= 0.6 is 0 Å². The molecule has 1 aromatic carbocycles. The SMILES string of the molecule is Nc1ccccc1CC(=O)/C=C/c1cc2ccccn2n1. The van der Waals surface area contributed by atoms with E-state index in [2.05, 4.69) is 5.10 Å². The highest BCUT2D eigenvalue weighted by molar-refractivity contribution is 5.95. The summed E-state index contributed by atoms with van der Waals surface area (Å²) < 4.78 is 1.78. The number of para-hydroxylation sites is 1. The number of nitrogen functional groups attached to an aromatic ring is 1. The maximum Gasteiger partial charge on any atom is 0.160 e. The third kappa shape index (κ3) is 3.00. The number of allylic oxidation sites excluding steroid dienone is 1. The molecule has 0 spiro atoms. The average Bonchev–Trinajstić information content (AvgIpc) is 2.90. The molecule has 0 fully saturated rings. The molecule has 0 bridgehead atoms. The minimum atomic E-state index is 0.00459. The molecule has 2 heterocycles. The first-order valence-corrected chi connectivity index (χ1v) is 6.71. The van der Waals surface area contributed by atoms with Gasteiger partial charge in [-0.05, 0) is 42.0 Å². The summed E-state index contributed by atoms with van der Waals surface area (Å²) in [6.45, 7) is 0. The van der Waals surface area contributed by atoms with Gasteiger partial charge in [-0.15, -0.1) is 0 Å². The lowest BCUT2D eigenvalue weighted by molar-refractivity contribution is -0.113. The minimum Gasteiger partial charge on any atom is -0.398 e. The molecule has 4 heteroatoms. The number of nitrogens with two attached hydrogens (primary N) is 1. The summed E-state index contributed by atoms with van der Waals surface area (Å²) in [5.41, 5.74) is 9.09. The second-order valence-electron chi connectivity index (χ2n) is 4.81. The molecule has 0 aliphatic heterocycles. The molecule has 0 radical (unpaired) electrons. The van der Waals surface area contributed by atoms with Gasteiger partial charge in [-0.25, -0.2) is 4.52 Å². The third-order valence-corrected chi connectivity index (χ3v) is 3.25. The first-order chi connectivity index (χ1) is 10.2. The van der Waals surface area contributed by atoms with Crippen molar-refractivity contribution in [2.75, 3.05) is 5.73 Å². The lowest BCUT2D eigenvalue weighted by Gasteiger charge is -2.01. The smallest absolute Gasteiger partial charge is 0.160 e. The van der Waals surface area contributed by atoms with Gasteiger partial charge in [0.15, 0.2) is 5.78 Å². The van der Waals surface area contributed by atoms with Gasteiger partial charge in [-0.2, -0.15) is 5.10 Å². The fourth-order valence-electron chi connectivity index (χ4n) is 2.16. The van der Waals surface area contributed by atoms with Crippen molar-refractivity contribution in [3.05, 3.63) is 72.1 Å². The number of ketones is 1. The van der Waals surface area contributed by atoms with Gasteiger partial charge < -0.3 is 5.73 Å². The van der Waals surface area contributed by atoms with Gasteiger partial charge in [-0.1, -0.05) is 24.3 Å². The molecule has 104 valence electrons. The molecule has 0 unspecified atom stereocenters. The van der Waals surface area contributed by atoms with Crippen LogP contribution in [0.2, 0.25) is 0 Å². The predicted octanol–water partition coefficient (Wildman–Crippen LogP) is 2.74. The molecule has 0 saturated carbocycles. The number of rotatable bonds is 4. The molecule has 0 amide bonds. The average molecular weight is 277 g/mol. The van der Waals surface area contributed by atoms with E-state index in [4.69, 9.17) is 5.73 Å². The lowest BCUT2D eigenvalue weighted by Crippen LogP contribution is -2.01. The Kier molecular flexibility index (Phi) is 3.51. The lowest BCUT2D eigenvalue weighted by atomic mass is 10.1. The standard InChI is InChI=1S/C17H15N3O/c18-17-7-2-1-5-13(17)11-16(21)9-8-14-12-15-6-3-4-10-20(15)19-14/h1-10,12H,11,18H2/b9-8+. The molecule has 3 aromatic rings. The van der Waals surface area contributed by atoms with Crippen LogP contribution in [0.1, 0.15) is 11.3 Å². The van der Waals surface area contributed by atoms with Crippen molar-refractivity contribution in [1.29, 1.82) is 0 Å². The third-order valence-electron chi connectivity index (χ3n) is 3.25. The zero-order chi connectivity index (χ0) is 14.7. The van der Waals surface area contributed by atoms with E-state index in [1.807, 2.05) is 48.7 Å². The number of hydrogen-bond donors (Lipinski definition) is 1. The topological polar surface area (TPSA) is 60.4 Å². The second kappa shape index (κ2) is 5.63. The van der Waals surface area contributed by atoms with Crippen molar-refractivity contribution in [1.82, 2.24) is 9.61 Å². The summed E-state index contributed by atoms with van der Waals surface area (Å²) >= 11 is 0. The van der Waals surface area contributed by atoms with E-state index < -0.39 is 0 Å².